The quantitative estimate of drug-likeness (QED) is 0.891. The van der Waals surface area contributed by atoms with Crippen LogP contribution < -0.4 is 15.0 Å². The van der Waals surface area contributed by atoms with Gasteiger partial charge in [0.2, 0.25) is 6.86 Å². The van der Waals surface area contributed by atoms with Crippen molar-refractivity contribution in [3.05, 3.63) is 23.8 Å². The van der Waals surface area contributed by atoms with E-state index in [1.807, 2.05) is 6.07 Å². The van der Waals surface area contributed by atoms with Gasteiger partial charge >= 0.3 is 0 Å². The van der Waals surface area contributed by atoms with Crippen molar-refractivity contribution in [2.24, 2.45) is 0 Å². The highest BCUT2D eigenvalue weighted by atomic mass is 19.1. The van der Waals surface area contributed by atoms with Gasteiger partial charge in [-0.15, -0.1) is 0 Å². The van der Waals surface area contributed by atoms with Gasteiger partial charge in [-0.1, -0.05) is 6.07 Å². The molecule has 1 N–H and O–H groups in total. The molecule has 0 aliphatic carbocycles. The van der Waals surface area contributed by atoms with Crippen LogP contribution in [0.3, 0.4) is 0 Å². The normalized spacial score (nSPS) is 23.0. The van der Waals surface area contributed by atoms with Crippen LogP contribution in [0.25, 0.3) is 0 Å². The summed E-state index contributed by atoms with van der Waals surface area (Å²) in [5.41, 5.74) is 2.13. The number of anilines is 1. The Morgan fingerprint density at radius 3 is 2.87 bits per heavy atom. The number of hydrogen-bond acceptors (Lipinski definition) is 5. The van der Waals surface area contributed by atoms with Crippen LogP contribution in [0.1, 0.15) is 12.5 Å². The van der Waals surface area contributed by atoms with E-state index in [1.165, 1.54) is 0 Å². The molecule has 0 aromatic heterocycles. The number of rotatable bonds is 5. The van der Waals surface area contributed by atoms with Gasteiger partial charge in [0, 0.05) is 62.6 Å². The third kappa shape index (κ3) is 4.34. The maximum Gasteiger partial charge on any atom is 0.228 e. The monoisotopic (exact) mass is 323 g/mol. The average molecular weight is 323 g/mol. The van der Waals surface area contributed by atoms with Crippen molar-refractivity contribution in [2.75, 3.05) is 57.7 Å². The van der Waals surface area contributed by atoms with E-state index in [0.29, 0.717) is 11.8 Å². The molecule has 1 aromatic carbocycles. The number of ether oxygens (including phenoxy) is 2. The van der Waals surface area contributed by atoms with Crippen LogP contribution in [0.4, 0.5) is 10.1 Å². The van der Waals surface area contributed by atoms with E-state index < -0.39 is 6.86 Å². The molecule has 0 saturated carbocycles. The summed E-state index contributed by atoms with van der Waals surface area (Å²) in [6.45, 7) is 8.39. The lowest BCUT2D eigenvalue weighted by Crippen LogP contribution is -2.48. The van der Waals surface area contributed by atoms with Crippen molar-refractivity contribution in [1.82, 2.24) is 10.2 Å². The van der Waals surface area contributed by atoms with Crippen LogP contribution in [0.2, 0.25) is 0 Å². The van der Waals surface area contributed by atoms with Crippen LogP contribution in [-0.4, -0.2) is 63.7 Å². The highest BCUT2D eigenvalue weighted by Gasteiger charge is 2.19. The van der Waals surface area contributed by atoms with Gasteiger partial charge in [-0.05, 0) is 13.0 Å². The number of nitrogens with zero attached hydrogens (tertiary/aromatic N) is 2. The molecule has 3 rings (SSSR count). The van der Waals surface area contributed by atoms with E-state index in [0.717, 1.165) is 63.7 Å². The molecule has 0 bridgehead atoms. The molecule has 2 aliphatic rings. The third-order valence-electron chi connectivity index (χ3n) is 4.48. The zero-order valence-electron chi connectivity index (χ0n) is 13.8. The second-order valence-corrected chi connectivity index (χ2v) is 6.24. The Morgan fingerprint density at radius 1 is 1.30 bits per heavy atom. The smallest absolute Gasteiger partial charge is 0.228 e. The molecule has 2 saturated heterocycles. The van der Waals surface area contributed by atoms with Gasteiger partial charge in [-0.3, -0.25) is 4.90 Å². The number of hydrogen-bond donors (Lipinski definition) is 1. The summed E-state index contributed by atoms with van der Waals surface area (Å²) < 4.78 is 23.5. The minimum atomic E-state index is -0.794. The van der Waals surface area contributed by atoms with Crippen LogP contribution >= 0.6 is 0 Å². The molecule has 0 spiro atoms. The molecule has 1 atom stereocenters. The summed E-state index contributed by atoms with van der Waals surface area (Å²) in [5.74, 6) is 0.655. The first kappa shape index (κ1) is 16.5. The second-order valence-electron chi connectivity index (χ2n) is 6.24. The van der Waals surface area contributed by atoms with Gasteiger partial charge in [-0.2, -0.15) is 0 Å². The van der Waals surface area contributed by atoms with Gasteiger partial charge in [-0.25, -0.2) is 4.39 Å². The van der Waals surface area contributed by atoms with Crippen molar-refractivity contribution >= 4 is 5.69 Å². The van der Waals surface area contributed by atoms with Gasteiger partial charge in [0.25, 0.3) is 0 Å². The fourth-order valence-electron chi connectivity index (χ4n) is 3.28. The van der Waals surface area contributed by atoms with E-state index in [1.54, 1.807) is 0 Å². The molecular weight excluding hydrogens is 297 g/mol. The molecule has 1 aromatic rings. The number of piperazine rings is 1. The highest BCUT2D eigenvalue weighted by molar-refractivity contribution is 5.54. The lowest BCUT2D eigenvalue weighted by molar-refractivity contribution is 0.122. The molecule has 6 heteroatoms. The summed E-state index contributed by atoms with van der Waals surface area (Å²) in [5, 5.41) is 3.44. The fraction of sp³-hybridized carbons (Fsp3) is 0.647. The van der Waals surface area contributed by atoms with Crippen molar-refractivity contribution in [3.8, 4) is 5.75 Å². The second kappa shape index (κ2) is 7.95. The SMILES string of the molecule is C[C@@H]1CN(Cc2ccc(N3CCOCC3)cc2OCF)CCN1. The topological polar surface area (TPSA) is 37.0 Å². The summed E-state index contributed by atoms with van der Waals surface area (Å²) in [6, 6.07) is 6.63. The summed E-state index contributed by atoms with van der Waals surface area (Å²) in [4.78, 5) is 4.64. The Balaban J connectivity index is 1.73. The Morgan fingerprint density at radius 2 is 2.13 bits per heavy atom. The average Bonchev–Trinajstić information content (AvgIpc) is 2.57. The molecule has 2 heterocycles. The molecule has 23 heavy (non-hydrogen) atoms. The minimum Gasteiger partial charge on any atom is -0.463 e. The lowest BCUT2D eigenvalue weighted by Gasteiger charge is -2.33. The van der Waals surface area contributed by atoms with E-state index in [2.05, 4.69) is 34.2 Å². The standard InChI is InChI=1S/C17H26FN3O2/c1-14-11-20(5-4-19-14)12-15-2-3-16(10-17(15)23-13-18)21-6-8-22-9-7-21/h2-3,10,14,19H,4-9,11-13H2,1H3/t14-/m1/s1. The third-order valence-corrected chi connectivity index (χ3v) is 4.48. The predicted octanol–water partition coefficient (Wildman–Crippen LogP) is 1.62. The van der Waals surface area contributed by atoms with E-state index in [-0.39, 0.29) is 0 Å². The lowest BCUT2D eigenvalue weighted by atomic mass is 10.1. The number of alkyl halides is 1. The molecule has 2 aliphatic heterocycles. The zero-order chi connectivity index (χ0) is 16.1. The first-order chi connectivity index (χ1) is 11.3. The van der Waals surface area contributed by atoms with Gasteiger partial charge in [0.1, 0.15) is 5.75 Å². The molecular formula is C17H26FN3O2. The van der Waals surface area contributed by atoms with Gasteiger partial charge < -0.3 is 19.7 Å². The van der Waals surface area contributed by atoms with E-state index >= 15 is 0 Å². The van der Waals surface area contributed by atoms with Crippen LogP contribution in [-0.2, 0) is 11.3 Å². The maximum absolute atomic E-state index is 12.8. The number of benzene rings is 1. The maximum atomic E-state index is 12.8. The van der Waals surface area contributed by atoms with Crippen LogP contribution in [0.15, 0.2) is 18.2 Å². The molecule has 2 fully saturated rings. The Kier molecular flexibility index (Phi) is 5.70. The Labute approximate surface area is 137 Å². The first-order valence-corrected chi connectivity index (χ1v) is 8.36. The largest absolute Gasteiger partial charge is 0.463 e. The van der Waals surface area contributed by atoms with Gasteiger partial charge in [0.15, 0.2) is 0 Å². The van der Waals surface area contributed by atoms with Crippen molar-refractivity contribution in [2.45, 2.75) is 19.5 Å². The first-order valence-electron chi connectivity index (χ1n) is 8.36. The van der Waals surface area contributed by atoms with Gasteiger partial charge in [0.05, 0.1) is 13.2 Å². The summed E-state index contributed by atoms with van der Waals surface area (Å²) in [7, 11) is 0. The number of morpholine rings is 1. The summed E-state index contributed by atoms with van der Waals surface area (Å²) >= 11 is 0. The predicted molar refractivity (Wildman–Crippen MR) is 88.8 cm³/mol. The van der Waals surface area contributed by atoms with Crippen molar-refractivity contribution < 1.29 is 13.9 Å². The molecule has 0 amide bonds. The van der Waals surface area contributed by atoms with E-state index in [4.69, 9.17) is 9.47 Å². The number of nitrogens with one attached hydrogen (secondary N) is 1. The molecule has 128 valence electrons. The van der Waals surface area contributed by atoms with Crippen molar-refractivity contribution in [1.29, 1.82) is 0 Å². The highest BCUT2D eigenvalue weighted by Crippen LogP contribution is 2.28. The van der Waals surface area contributed by atoms with Crippen LogP contribution in [0.5, 0.6) is 5.75 Å². The zero-order valence-corrected chi connectivity index (χ0v) is 13.8. The van der Waals surface area contributed by atoms with Crippen LogP contribution in [0, 0.1) is 0 Å². The Hall–Kier alpha value is -1.37. The number of halogens is 1. The fourth-order valence-corrected chi connectivity index (χ4v) is 3.28. The molecule has 5 nitrogen and oxygen atoms in total. The summed E-state index contributed by atoms with van der Waals surface area (Å²) in [6.07, 6.45) is 0. The molecule has 0 radical (unpaired) electrons. The molecule has 0 unspecified atom stereocenters. The Bertz CT molecular complexity index is 509. The van der Waals surface area contributed by atoms with E-state index in [9.17, 15) is 4.39 Å². The minimum absolute atomic E-state index is 0.488. The van der Waals surface area contributed by atoms with Crippen molar-refractivity contribution in [3.63, 3.8) is 0 Å².